The number of thioether (sulfide) groups is 5. The van der Waals surface area contributed by atoms with Crippen molar-refractivity contribution in [2.45, 2.75) is 158 Å². The third-order valence-corrected chi connectivity index (χ3v) is 18.5. The minimum atomic E-state index is -0.505. The zero-order valence-corrected chi connectivity index (χ0v) is 59.5. The van der Waals surface area contributed by atoms with Gasteiger partial charge < -0.3 is 67.4 Å². The van der Waals surface area contributed by atoms with Gasteiger partial charge in [-0.05, 0) is 130 Å². The molecule has 0 spiro atoms. The van der Waals surface area contributed by atoms with E-state index in [9.17, 15) is 47.9 Å². The topological polar surface area (TPSA) is 285 Å². The Bertz CT molecular complexity index is 1960. The van der Waals surface area contributed by atoms with E-state index >= 15 is 0 Å². The maximum atomic E-state index is 13.0. The number of nitrogens with zero attached hydrogens (tertiary/aromatic N) is 3. The highest BCUT2D eigenvalue weighted by Gasteiger charge is 2.21. The van der Waals surface area contributed by atoms with Crippen LogP contribution in [0.15, 0.2) is 0 Å². The third kappa shape index (κ3) is 49.0. The van der Waals surface area contributed by atoms with Crippen molar-refractivity contribution in [2.75, 3.05) is 169 Å². The average molecular weight is 1380 g/mol. The number of hydrogen-bond acceptors (Lipinski definition) is 29. The molecule has 24 nitrogen and oxygen atoms in total. The molecule has 0 aliphatic carbocycles. The molecule has 0 heterocycles. The first kappa shape index (κ1) is 86.3. The molecule has 0 fully saturated rings. The number of carbonyl (C=O) groups is 10. The van der Waals surface area contributed by atoms with Gasteiger partial charge in [-0.25, -0.2) is 0 Å². The fraction of sp³-hybridized carbons (Fsp3) is 0.836. The van der Waals surface area contributed by atoms with Crippen LogP contribution >= 0.6 is 58.8 Å². The molecule has 0 aromatic heterocycles. The quantitative estimate of drug-likeness (QED) is 0.0385. The number of carbonyl (C=O) groups excluding carboxylic acids is 10. The molecule has 5 atom stereocenters. The number of esters is 10. The Morgan fingerprint density at radius 2 is 0.556 bits per heavy atom. The lowest BCUT2D eigenvalue weighted by Gasteiger charge is -2.26. The predicted octanol–water partition coefficient (Wildman–Crippen LogP) is 6.52. The van der Waals surface area contributed by atoms with Crippen LogP contribution in [0.25, 0.3) is 0 Å². The number of nitrogens with one attached hydrogen (secondary N) is 1. The molecule has 0 saturated carbocycles. The lowest BCUT2D eigenvalue weighted by molar-refractivity contribution is -0.152. The molecule has 0 aliphatic rings. The Balaban J connectivity index is 5.79. The van der Waals surface area contributed by atoms with Crippen molar-refractivity contribution in [2.24, 2.45) is 0 Å². The average Bonchev–Trinajstić information content (AvgIpc) is 3.71. The fourth-order valence-corrected chi connectivity index (χ4v) is 9.75. The van der Waals surface area contributed by atoms with Gasteiger partial charge in [-0.1, -0.05) is 39.0 Å². The van der Waals surface area contributed by atoms with Crippen molar-refractivity contribution in [1.29, 1.82) is 0 Å². The van der Waals surface area contributed by atoms with E-state index in [1.54, 1.807) is 64.5 Å². The lowest BCUT2D eigenvalue weighted by Crippen LogP contribution is -2.35. The lowest BCUT2D eigenvalue weighted by atomic mass is 10.1. The van der Waals surface area contributed by atoms with Crippen LogP contribution in [0.4, 0.5) is 0 Å². The first-order chi connectivity index (χ1) is 43.2. The Kier molecular flexibility index (Phi) is 55.5. The van der Waals surface area contributed by atoms with E-state index in [1.807, 2.05) is 16.7 Å². The summed E-state index contributed by atoms with van der Waals surface area (Å²) in [6.45, 7) is 14.8. The van der Waals surface area contributed by atoms with E-state index in [0.717, 1.165) is 18.6 Å². The van der Waals surface area contributed by atoms with Crippen LogP contribution in [0.5, 0.6) is 0 Å². The summed E-state index contributed by atoms with van der Waals surface area (Å²) in [7, 11) is 0. The second kappa shape index (κ2) is 57.9. The molecule has 0 radical (unpaired) electrons. The predicted molar refractivity (Wildman–Crippen MR) is 356 cm³/mol. The van der Waals surface area contributed by atoms with E-state index in [4.69, 9.17) is 47.4 Å². The highest BCUT2D eigenvalue weighted by atomic mass is 32.2. The van der Waals surface area contributed by atoms with Gasteiger partial charge in [0.05, 0.1) is 58.4 Å². The van der Waals surface area contributed by atoms with Gasteiger partial charge in [0.25, 0.3) is 0 Å². The second-order valence-electron chi connectivity index (χ2n) is 20.8. The van der Waals surface area contributed by atoms with Gasteiger partial charge in [0.2, 0.25) is 0 Å². The summed E-state index contributed by atoms with van der Waals surface area (Å²) in [4.78, 5) is 131. The van der Waals surface area contributed by atoms with E-state index in [1.165, 1.54) is 72.7 Å². The Morgan fingerprint density at radius 1 is 0.311 bits per heavy atom. The maximum absolute atomic E-state index is 13.0. The molecule has 29 heteroatoms. The van der Waals surface area contributed by atoms with Crippen LogP contribution in [0.2, 0.25) is 0 Å². The first-order valence-corrected chi connectivity index (χ1v) is 37.6. The largest absolute Gasteiger partial charge is 0.462 e. The van der Waals surface area contributed by atoms with Gasteiger partial charge in [-0.2, -0.15) is 47.0 Å². The molecular formula is C61H108N4O20S5. The molecule has 0 aromatic rings. The monoisotopic (exact) mass is 1380 g/mol. The molecule has 0 bridgehead atoms. The van der Waals surface area contributed by atoms with E-state index in [0.29, 0.717) is 78.2 Å². The normalized spacial score (nSPS) is 12.9. The van der Waals surface area contributed by atoms with Gasteiger partial charge in [0.15, 0.2) is 0 Å². The SMILES string of the molecule is CCCCCCCCSC(C)C(=O)OCCOC(=O)CCN(CCCN(CCCNCCCN(CCC(=O)OCCOC(=O)C(C)SC)CCC(=O)OCCOC(=O)C(C)SC)CCC(=O)OCCOC(=O)C(C)SC)CCC(=O)OCCOC(=O)C(C)SC. The Hall–Kier alpha value is -3.71. The van der Waals surface area contributed by atoms with Crippen molar-refractivity contribution >= 4 is 119 Å². The highest BCUT2D eigenvalue weighted by Crippen LogP contribution is 2.17. The van der Waals surface area contributed by atoms with E-state index < -0.39 is 53.7 Å². The van der Waals surface area contributed by atoms with Crippen LogP contribution in [0.3, 0.4) is 0 Å². The second-order valence-corrected chi connectivity index (χ2v) is 27.0. The smallest absolute Gasteiger partial charge is 0.318 e. The molecule has 0 rings (SSSR count). The summed E-state index contributed by atoms with van der Waals surface area (Å²) in [6.07, 6.45) is 16.2. The number of unbranched alkanes of at least 4 members (excludes halogenated alkanes) is 5. The maximum Gasteiger partial charge on any atom is 0.318 e. The van der Waals surface area contributed by atoms with Crippen molar-refractivity contribution in [1.82, 2.24) is 20.0 Å². The summed E-state index contributed by atoms with van der Waals surface area (Å²) in [5, 5.41) is 1.73. The molecule has 5 unspecified atom stereocenters. The summed E-state index contributed by atoms with van der Waals surface area (Å²) >= 11 is 6.94. The van der Waals surface area contributed by atoms with Crippen LogP contribution in [-0.2, 0) is 95.3 Å². The van der Waals surface area contributed by atoms with Crippen LogP contribution in [0.1, 0.15) is 131 Å². The van der Waals surface area contributed by atoms with Crippen LogP contribution < -0.4 is 5.32 Å². The molecule has 1 N–H and O–H groups in total. The van der Waals surface area contributed by atoms with Gasteiger partial charge in [0, 0.05) is 32.7 Å². The number of rotatable bonds is 59. The third-order valence-electron chi connectivity index (χ3n) is 13.7. The van der Waals surface area contributed by atoms with Gasteiger partial charge in [0.1, 0.15) is 66.1 Å². The number of ether oxygens (including phenoxy) is 10. The molecule has 90 heavy (non-hydrogen) atoms. The van der Waals surface area contributed by atoms with Crippen molar-refractivity contribution in [3.8, 4) is 0 Å². The zero-order chi connectivity index (χ0) is 67.2. The minimum Gasteiger partial charge on any atom is -0.462 e. The summed E-state index contributed by atoms with van der Waals surface area (Å²) in [6, 6.07) is 0. The standard InChI is InChI=1S/C61H108N4O20S5/c1-11-12-13-14-15-16-46-90-51(6)61(75)85-45-40-80-56(70)24-35-65(34-23-55(69)79-39-44-84-60(74)50(5)89-10)30-19-29-63(31-20-52(66)76-36-41-81-57(71)47(2)86-7)27-17-25-62-26-18-28-64(32-21-53(67)77-37-42-82-58(72)48(3)87-8)33-22-54(68)78-38-43-83-59(73)49(4)88-9/h47-51,62H,11-46H2,1-10H3. The van der Waals surface area contributed by atoms with E-state index in [-0.39, 0.29) is 143 Å². The molecule has 0 aliphatic heterocycles. The van der Waals surface area contributed by atoms with Gasteiger partial charge in [-0.3, -0.25) is 47.9 Å². The Morgan fingerprint density at radius 3 is 0.844 bits per heavy atom. The van der Waals surface area contributed by atoms with Crippen LogP contribution in [0, 0.1) is 0 Å². The first-order valence-electron chi connectivity index (χ1n) is 31.4. The van der Waals surface area contributed by atoms with Crippen molar-refractivity contribution in [3.63, 3.8) is 0 Å². The van der Waals surface area contributed by atoms with Crippen molar-refractivity contribution < 1.29 is 95.3 Å². The summed E-state index contributed by atoms with van der Waals surface area (Å²) in [5.41, 5.74) is 0. The Labute approximate surface area is 557 Å². The molecule has 0 amide bonds. The van der Waals surface area contributed by atoms with Gasteiger partial charge in [-0.15, -0.1) is 11.8 Å². The number of hydrogen-bond donors (Lipinski definition) is 1. The molecule has 0 saturated heterocycles. The molecular weight excluding hydrogens is 1270 g/mol. The fourth-order valence-electron chi connectivity index (χ4n) is 7.78. The molecule has 522 valence electrons. The summed E-state index contributed by atoms with van der Waals surface area (Å²) < 4.78 is 52.9. The minimum absolute atomic E-state index is 0.00314. The van der Waals surface area contributed by atoms with Crippen molar-refractivity contribution in [3.05, 3.63) is 0 Å². The summed E-state index contributed by atoms with van der Waals surface area (Å²) in [5.74, 6) is -3.50. The van der Waals surface area contributed by atoms with Gasteiger partial charge >= 0.3 is 59.7 Å². The zero-order valence-electron chi connectivity index (χ0n) is 55.4. The van der Waals surface area contributed by atoms with Crippen LogP contribution in [-0.4, -0.2) is 269 Å². The highest BCUT2D eigenvalue weighted by molar-refractivity contribution is 8.01. The van der Waals surface area contributed by atoms with E-state index in [2.05, 4.69) is 17.1 Å². The molecule has 0 aromatic carbocycles.